The maximum atomic E-state index is 3.48. The molecule has 0 unspecified atom stereocenters. The zero-order chi connectivity index (χ0) is 9.80. The molecule has 0 atom stereocenters. The Kier molecular flexibility index (Phi) is 3.99. The van der Waals surface area contributed by atoms with Crippen LogP contribution in [0.5, 0.6) is 0 Å². The van der Waals surface area contributed by atoms with Crippen LogP contribution in [0.1, 0.15) is 24.8 Å². The van der Waals surface area contributed by atoms with Crippen LogP contribution in [0.4, 0.5) is 0 Å². The van der Waals surface area contributed by atoms with Gasteiger partial charge in [-0.3, -0.25) is 5.43 Å². The lowest BCUT2D eigenvalue weighted by Crippen LogP contribution is -2.41. The minimum Gasteiger partial charge on any atom is -0.251 e. The van der Waals surface area contributed by atoms with E-state index in [2.05, 4.69) is 37.8 Å². The molecule has 2 rings (SSSR count). The molecule has 1 fully saturated rings. The van der Waals surface area contributed by atoms with Crippen molar-refractivity contribution in [2.45, 2.75) is 25.8 Å². The summed E-state index contributed by atoms with van der Waals surface area (Å²) in [7, 11) is 0. The Morgan fingerprint density at radius 3 is 2.79 bits per heavy atom. The van der Waals surface area contributed by atoms with E-state index >= 15 is 0 Å². The number of hydrogen-bond donors (Lipinski definition) is 1. The average Bonchev–Trinajstić information content (AvgIpc) is 2.63. The number of piperidine rings is 1. The molecule has 0 spiro atoms. The van der Waals surface area contributed by atoms with Crippen molar-refractivity contribution in [3.05, 3.63) is 20.8 Å². The normalized spacial score (nSPS) is 18.6. The highest BCUT2D eigenvalue weighted by molar-refractivity contribution is 9.11. The van der Waals surface area contributed by atoms with E-state index in [0.29, 0.717) is 0 Å². The molecule has 0 bridgehead atoms. The molecule has 78 valence electrons. The van der Waals surface area contributed by atoms with Crippen LogP contribution in [-0.4, -0.2) is 18.1 Å². The van der Waals surface area contributed by atoms with Crippen LogP contribution in [-0.2, 0) is 6.54 Å². The number of nitrogens with one attached hydrogen (secondary N) is 1. The zero-order valence-corrected chi connectivity index (χ0v) is 10.5. The summed E-state index contributed by atoms with van der Waals surface area (Å²) in [5, 5.41) is 4.54. The van der Waals surface area contributed by atoms with E-state index < -0.39 is 0 Å². The van der Waals surface area contributed by atoms with Gasteiger partial charge in [0.2, 0.25) is 0 Å². The summed E-state index contributed by atoms with van der Waals surface area (Å²) in [4.78, 5) is 0. The van der Waals surface area contributed by atoms with Gasteiger partial charge in [0.05, 0.1) is 3.79 Å². The number of hydrogen-bond acceptors (Lipinski definition) is 3. The van der Waals surface area contributed by atoms with Gasteiger partial charge < -0.3 is 0 Å². The predicted octanol–water partition coefficient (Wildman–Crippen LogP) is 3.00. The molecule has 4 heteroatoms. The first-order chi connectivity index (χ1) is 6.84. The fourth-order valence-corrected chi connectivity index (χ4v) is 2.90. The maximum Gasteiger partial charge on any atom is 0.0701 e. The smallest absolute Gasteiger partial charge is 0.0701 e. The Balaban J connectivity index is 1.76. The van der Waals surface area contributed by atoms with Gasteiger partial charge in [-0.15, -0.1) is 11.3 Å². The van der Waals surface area contributed by atoms with Gasteiger partial charge in [-0.2, -0.15) is 0 Å². The topological polar surface area (TPSA) is 15.3 Å². The molecule has 0 radical (unpaired) electrons. The summed E-state index contributed by atoms with van der Waals surface area (Å²) in [6.45, 7) is 3.36. The number of thiophene rings is 1. The van der Waals surface area contributed by atoms with Gasteiger partial charge in [0, 0.05) is 19.6 Å². The second kappa shape index (κ2) is 5.26. The summed E-state index contributed by atoms with van der Waals surface area (Å²) in [5.41, 5.74) is 4.84. The van der Waals surface area contributed by atoms with Crippen molar-refractivity contribution in [1.29, 1.82) is 0 Å². The van der Waals surface area contributed by atoms with Crippen molar-refractivity contribution < 1.29 is 0 Å². The summed E-state index contributed by atoms with van der Waals surface area (Å²) in [5.74, 6) is 0. The lowest BCUT2D eigenvalue weighted by molar-refractivity contribution is 0.151. The first-order valence-electron chi connectivity index (χ1n) is 5.06. The molecule has 2 nitrogen and oxygen atoms in total. The number of rotatable bonds is 3. The molecule has 1 aliphatic heterocycles. The first-order valence-corrected chi connectivity index (χ1v) is 6.73. The van der Waals surface area contributed by atoms with E-state index in [9.17, 15) is 0 Å². The van der Waals surface area contributed by atoms with Gasteiger partial charge in [0.25, 0.3) is 0 Å². The minimum atomic E-state index is 0.960. The van der Waals surface area contributed by atoms with Crippen LogP contribution in [0, 0.1) is 0 Å². The number of halogens is 1. The van der Waals surface area contributed by atoms with Crippen molar-refractivity contribution in [1.82, 2.24) is 10.4 Å². The van der Waals surface area contributed by atoms with Gasteiger partial charge >= 0.3 is 0 Å². The maximum absolute atomic E-state index is 3.48. The molecule has 0 aromatic carbocycles. The van der Waals surface area contributed by atoms with Gasteiger partial charge in [-0.05, 0) is 45.8 Å². The number of hydrazine groups is 1. The molecule has 0 saturated carbocycles. The minimum absolute atomic E-state index is 0.960. The largest absolute Gasteiger partial charge is 0.251 e. The monoisotopic (exact) mass is 274 g/mol. The van der Waals surface area contributed by atoms with Crippen LogP contribution >= 0.6 is 27.3 Å². The van der Waals surface area contributed by atoms with E-state index in [0.717, 1.165) is 6.54 Å². The highest BCUT2D eigenvalue weighted by Crippen LogP contribution is 2.20. The lowest BCUT2D eigenvalue weighted by Gasteiger charge is -2.26. The molecule has 14 heavy (non-hydrogen) atoms. The van der Waals surface area contributed by atoms with E-state index in [1.165, 1.54) is 41.7 Å². The van der Waals surface area contributed by atoms with Crippen LogP contribution in [0.3, 0.4) is 0 Å². The first kappa shape index (κ1) is 10.6. The molecule has 1 aliphatic rings. The van der Waals surface area contributed by atoms with Gasteiger partial charge in [0.15, 0.2) is 0 Å². The standard InChI is InChI=1S/C10H15BrN2S/c11-10-6-9(8-14-10)7-12-13-4-2-1-3-5-13/h6,8,12H,1-5,7H2. The van der Waals surface area contributed by atoms with Gasteiger partial charge in [-0.1, -0.05) is 6.42 Å². The molecule has 1 aromatic rings. The van der Waals surface area contributed by atoms with Crippen molar-refractivity contribution in [2.24, 2.45) is 0 Å². The zero-order valence-electron chi connectivity index (χ0n) is 8.13. The van der Waals surface area contributed by atoms with Crippen LogP contribution in [0.2, 0.25) is 0 Å². The van der Waals surface area contributed by atoms with E-state index in [1.807, 2.05) is 0 Å². The third kappa shape index (κ3) is 3.05. The summed E-state index contributed by atoms with van der Waals surface area (Å²) in [6.07, 6.45) is 4.06. The fourth-order valence-electron chi connectivity index (χ4n) is 1.69. The highest BCUT2D eigenvalue weighted by Gasteiger charge is 2.09. The molecular formula is C10H15BrN2S. The molecule has 0 aliphatic carbocycles. The Bertz CT molecular complexity index is 281. The molecule has 2 heterocycles. The van der Waals surface area contributed by atoms with E-state index in [-0.39, 0.29) is 0 Å². The fraction of sp³-hybridized carbons (Fsp3) is 0.600. The van der Waals surface area contributed by atoms with E-state index in [4.69, 9.17) is 0 Å². The highest BCUT2D eigenvalue weighted by atomic mass is 79.9. The SMILES string of the molecule is Brc1cc(CNN2CCCCC2)cs1. The Morgan fingerprint density at radius 1 is 1.36 bits per heavy atom. The third-order valence-corrected chi connectivity index (χ3v) is 4.04. The Labute approximate surface area is 97.4 Å². The quantitative estimate of drug-likeness (QED) is 0.912. The van der Waals surface area contributed by atoms with Crippen LogP contribution in [0.25, 0.3) is 0 Å². The summed E-state index contributed by atoms with van der Waals surface area (Å²) >= 11 is 5.22. The second-order valence-electron chi connectivity index (χ2n) is 3.64. The molecule has 0 amide bonds. The summed E-state index contributed by atoms with van der Waals surface area (Å²) in [6, 6.07) is 2.18. The molecule has 1 aromatic heterocycles. The third-order valence-electron chi connectivity index (χ3n) is 2.48. The van der Waals surface area contributed by atoms with Crippen LogP contribution < -0.4 is 5.43 Å². The Morgan fingerprint density at radius 2 is 2.14 bits per heavy atom. The van der Waals surface area contributed by atoms with Gasteiger partial charge in [-0.25, -0.2) is 5.01 Å². The molecule has 1 saturated heterocycles. The molecule has 1 N–H and O–H groups in total. The van der Waals surface area contributed by atoms with Crippen molar-refractivity contribution in [3.63, 3.8) is 0 Å². The number of nitrogens with zero attached hydrogens (tertiary/aromatic N) is 1. The average molecular weight is 275 g/mol. The lowest BCUT2D eigenvalue weighted by atomic mass is 10.2. The van der Waals surface area contributed by atoms with Crippen LogP contribution in [0.15, 0.2) is 15.2 Å². The van der Waals surface area contributed by atoms with Crippen molar-refractivity contribution in [3.8, 4) is 0 Å². The second-order valence-corrected chi connectivity index (χ2v) is 5.93. The van der Waals surface area contributed by atoms with Crippen molar-refractivity contribution in [2.75, 3.05) is 13.1 Å². The Hall–Kier alpha value is 0.1000. The molecular weight excluding hydrogens is 260 g/mol. The van der Waals surface area contributed by atoms with Crippen molar-refractivity contribution >= 4 is 27.3 Å². The predicted molar refractivity (Wildman–Crippen MR) is 64.3 cm³/mol. The van der Waals surface area contributed by atoms with Gasteiger partial charge in [0.1, 0.15) is 0 Å². The van der Waals surface area contributed by atoms with E-state index in [1.54, 1.807) is 11.3 Å². The summed E-state index contributed by atoms with van der Waals surface area (Å²) < 4.78 is 1.22.